The van der Waals surface area contributed by atoms with Gasteiger partial charge in [0.15, 0.2) is 6.10 Å². The lowest BCUT2D eigenvalue weighted by molar-refractivity contribution is -0.289. The van der Waals surface area contributed by atoms with Crippen molar-refractivity contribution in [1.82, 2.24) is 0 Å². The van der Waals surface area contributed by atoms with Gasteiger partial charge in [-0.1, -0.05) is 30.0 Å². The van der Waals surface area contributed by atoms with Crippen molar-refractivity contribution in [1.29, 1.82) is 0 Å². The number of hydrogen-bond acceptors (Lipinski definition) is 4. The lowest BCUT2D eigenvalue weighted by Crippen LogP contribution is -2.02. The molecule has 118 valence electrons. The van der Waals surface area contributed by atoms with Crippen LogP contribution < -0.4 is 9.47 Å². The molecule has 2 atom stereocenters. The number of ether oxygens (including phenoxy) is 2. The summed E-state index contributed by atoms with van der Waals surface area (Å²) in [5.74, 6) is 7.65. The Labute approximate surface area is 135 Å². The molecule has 0 radical (unpaired) electrons. The average molecular weight is 310 g/mol. The van der Waals surface area contributed by atoms with Crippen LogP contribution in [0.4, 0.5) is 0 Å². The van der Waals surface area contributed by atoms with Crippen molar-refractivity contribution in [2.75, 3.05) is 14.2 Å². The molecule has 0 N–H and O–H groups in total. The normalized spacial score (nSPS) is 19.7. The van der Waals surface area contributed by atoms with E-state index in [2.05, 4.69) is 11.8 Å². The molecule has 0 bridgehead atoms. The number of hydrogen-bond donors (Lipinski definition) is 0. The van der Waals surface area contributed by atoms with Gasteiger partial charge in [-0.3, -0.25) is 0 Å². The Balaban J connectivity index is 1.72. The van der Waals surface area contributed by atoms with E-state index < -0.39 is 0 Å². The number of methoxy groups -OCH3 is 2. The van der Waals surface area contributed by atoms with Crippen LogP contribution >= 0.6 is 0 Å². The van der Waals surface area contributed by atoms with E-state index >= 15 is 0 Å². The molecule has 0 aliphatic carbocycles. The van der Waals surface area contributed by atoms with Crippen molar-refractivity contribution in [3.63, 3.8) is 0 Å². The topological polar surface area (TPSA) is 36.9 Å². The summed E-state index contributed by atoms with van der Waals surface area (Å²) >= 11 is 0. The van der Waals surface area contributed by atoms with E-state index in [1.165, 1.54) is 0 Å². The van der Waals surface area contributed by atoms with Gasteiger partial charge in [0.1, 0.15) is 17.6 Å². The first-order valence-electron chi connectivity index (χ1n) is 7.41. The second kappa shape index (κ2) is 7.19. The van der Waals surface area contributed by atoms with Crippen LogP contribution in [0, 0.1) is 11.8 Å². The molecule has 1 aliphatic heterocycles. The minimum atomic E-state index is -0.257. The van der Waals surface area contributed by atoms with E-state index in [4.69, 9.17) is 19.2 Å². The molecule has 0 saturated carbocycles. The molecule has 2 aromatic rings. The largest absolute Gasteiger partial charge is 0.497 e. The minimum absolute atomic E-state index is 0.203. The van der Waals surface area contributed by atoms with Gasteiger partial charge in [-0.25, -0.2) is 9.78 Å². The minimum Gasteiger partial charge on any atom is -0.497 e. The van der Waals surface area contributed by atoms with Crippen LogP contribution in [0.3, 0.4) is 0 Å². The van der Waals surface area contributed by atoms with E-state index in [-0.39, 0.29) is 12.2 Å². The van der Waals surface area contributed by atoms with Gasteiger partial charge >= 0.3 is 0 Å². The third-order valence-corrected chi connectivity index (χ3v) is 3.65. The SMILES string of the molecule is COc1ccc([C@@H]2C[C@H](C#Cc3ccccc3)OO2)c(OC)c1. The summed E-state index contributed by atoms with van der Waals surface area (Å²) in [4.78, 5) is 10.8. The van der Waals surface area contributed by atoms with E-state index in [1.54, 1.807) is 14.2 Å². The Morgan fingerprint density at radius 3 is 2.57 bits per heavy atom. The highest BCUT2D eigenvalue weighted by Gasteiger charge is 2.30. The zero-order valence-electron chi connectivity index (χ0n) is 13.1. The predicted octanol–water partition coefficient (Wildman–Crippen LogP) is 3.52. The van der Waals surface area contributed by atoms with Gasteiger partial charge < -0.3 is 9.47 Å². The second-order valence-corrected chi connectivity index (χ2v) is 5.15. The molecule has 0 amide bonds. The van der Waals surface area contributed by atoms with Crippen LogP contribution in [0.1, 0.15) is 23.7 Å². The Morgan fingerprint density at radius 2 is 1.83 bits per heavy atom. The predicted molar refractivity (Wildman–Crippen MR) is 86.2 cm³/mol. The summed E-state index contributed by atoms with van der Waals surface area (Å²) < 4.78 is 10.6. The van der Waals surface area contributed by atoms with Crippen LogP contribution in [-0.2, 0) is 9.78 Å². The standard InChI is InChI=1S/C19H18O4/c1-20-15-10-11-17(18(12-15)21-2)19-13-16(22-23-19)9-8-14-6-4-3-5-7-14/h3-7,10-12,16,19H,13H2,1-2H3/t16-,19-/m0/s1. The first-order valence-corrected chi connectivity index (χ1v) is 7.41. The van der Waals surface area contributed by atoms with Crippen molar-refractivity contribution in [3.8, 4) is 23.3 Å². The molecule has 1 fully saturated rings. The molecule has 2 aromatic carbocycles. The molecule has 23 heavy (non-hydrogen) atoms. The maximum atomic E-state index is 5.43. The maximum Gasteiger partial charge on any atom is 0.156 e. The van der Waals surface area contributed by atoms with E-state index in [1.807, 2.05) is 48.5 Å². The Morgan fingerprint density at radius 1 is 1.00 bits per heavy atom. The van der Waals surface area contributed by atoms with E-state index in [0.29, 0.717) is 6.42 Å². The van der Waals surface area contributed by atoms with Gasteiger partial charge in [0.2, 0.25) is 0 Å². The fraction of sp³-hybridized carbons (Fsp3) is 0.263. The fourth-order valence-electron chi connectivity index (χ4n) is 2.44. The van der Waals surface area contributed by atoms with Crippen molar-refractivity contribution in [2.45, 2.75) is 18.6 Å². The van der Waals surface area contributed by atoms with Crippen molar-refractivity contribution in [3.05, 3.63) is 59.7 Å². The molecule has 1 heterocycles. The third-order valence-electron chi connectivity index (χ3n) is 3.65. The van der Waals surface area contributed by atoms with Gasteiger partial charge in [-0.15, -0.1) is 0 Å². The van der Waals surface area contributed by atoms with Crippen molar-refractivity contribution in [2.24, 2.45) is 0 Å². The quantitative estimate of drug-likeness (QED) is 0.642. The van der Waals surface area contributed by atoms with E-state index in [0.717, 1.165) is 22.6 Å². The summed E-state index contributed by atoms with van der Waals surface area (Å²) in [7, 11) is 3.25. The molecule has 0 unspecified atom stereocenters. The summed E-state index contributed by atoms with van der Waals surface area (Å²) in [6.45, 7) is 0. The van der Waals surface area contributed by atoms with Crippen LogP contribution in [0.25, 0.3) is 0 Å². The Bertz CT molecular complexity index is 715. The summed E-state index contributed by atoms with van der Waals surface area (Å²) in [5.41, 5.74) is 1.89. The second-order valence-electron chi connectivity index (χ2n) is 5.15. The van der Waals surface area contributed by atoms with Gasteiger partial charge in [0.05, 0.1) is 14.2 Å². The van der Waals surface area contributed by atoms with E-state index in [9.17, 15) is 0 Å². The lowest BCUT2D eigenvalue weighted by Gasteiger charge is -2.13. The van der Waals surface area contributed by atoms with Crippen LogP contribution in [0.5, 0.6) is 11.5 Å². The first-order chi connectivity index (χ1) is 11.3. The molecule has 4 nitrogen and oxygen atoms in total. The van der Waals surface area contributed by atoms with Crippen LogP contribution in [-0.4, -0.2) is 20.3 Å². The van der Waals surface area contributed by atoms with Gasteiger partial charge in [0.25, 0.3) is 0 Å². The average Bonchev–Trinajstić information content (AvgIpc) is 3.09. The van der Waals surface area contributed by atoms with Gasteiger partial charge in [-0.2, -0.15) is 0 Å². The van der Waals surface area contributed by atoms with Crippen LogP contribution in [0.2, 0.25) is 0 Å². The highest BCUT2D eigenvalue weighted by Crippen LogP contribution is 2.37. The van der Waals surface area contributed by atoms with Gasteiger partial charge in [-0.05, 0) is 24.3 Å². The third kappa shape index (κ3) is 3.65. The molecular weight excluding hydrogens is 292 g/mol. The monoisotopic (exact) mass is 310 g/mol. The summed E-state index contributed by atoms with van der Waals surface area (Å²) in [6.07, 6.45) is 0.195. The van der Waals surface area contributed by atoms with Crippen LogP contribution in [0.15, 0.2) is 48.5 Å². The molecule has 1 saturated heterocycles. The van der Waals surface area contributed by atoms with Gasteiger partial charge in [0, 0.05) is 23.6 Å². The molecule has 0 spiro atoms. The smallest absolute Gasteiger partial charge is 0.156 e. The zero-order chi connectivity index (χ0) is 16.1. The number of rotatable bonds is 3. The molecular formula is C19H18O4. The van der Waals surface area contributed by atoms with Crippen molar-refractivity contribution < 1.29 is 19.2 Å². The Hall–Kier alpha value is -2.48. The molecule has 1 aliphatic rings. The number of benzene rings is 2. The summed E-state index contributed by atoms with van der Waals surface area (Å²) in [5, 5.41) is 0. The molecule has 4 heteroatoms. The first kappa shape index (κ1) is 15.4. The lowest BCUT2D eigenvalue weighted by atomic mass is 10.0. The fourth-order valence-corrected chi connectivity index (χ4v) is 2.44. The molecule has 0 aromatic heterocycles. The maximum absolute atomic E-state index is 5.43. The van der Waals surface area contributed by atoms with Crippen molar-refractivity contribution >= 4 is 0 Å². The molecule has 3 rings (SSSR count). The highest BCUT2D eigenvalue weighted by atomic mass is 17.2. The zero-order valence-corrected chi connectivity index (χ0v) is 13.1. The summed E-state index contributed by atoms with van der Waals surface area (Å²) in [6, 6.07) is 15.5. The Kier molecular flexibility index (Phi) is 4.82. The highest BCUT2D eigenvalue weighted by molar-refractivity contribution is 5.42.